The van der Waals surface area contributed by atoms with Gasteiger partial charge in [-0.05, 0) is 37.3 Å². The van der Waals surface area contributed by atoms with Gasteiger partial charge in [-0.25, -0.2) is 5.43 Å². The van der Waals surface area contributed by atoms with E-state index in [0.29, 0.717) is 11.5 Å². The molecule has 1 amide bonds. The molecule has 0 saturated carbocycles. The van der Waals surface area contributed by atoms with Gasteiger partial charge in [0.15, 0.2) is 6.61 Å². The van der Waals surface area contributed by atoms with Crippen molar-refractivity contribution < 1.29 is 14.3 Å². The van der Waals surface area contributed by atoms with Gasteiger partial charge in [0, 0.05) is 10.0 Å². The summed E-state index contributed by atoms with van der Waals surface area (Å²) in [6.07, 6.45) is 1.54. The molecule has 0 fully saturated rings. The van der Waals surface area contributed by atoms with E-state index in [1.54, 1.807) is 7.11 Å². The molecule has 0 heterocycles. The second-order valence-corrected chi connectivity index (χ2v) is 5.64. The Labute approximate surface area is 143 Å². The fraction of sp³-hybridized carbons (Fsp3) is 0.176. The van der Waals surface area contributed by atoms with E-state index in [4.69, 9.17) is 9.47 Å². The predicted octanol–water partition coefficient (Wildman–Crippen LogP) is 3.30. The van der Waals surface area contributed by atoms with Crippen LogP contribution in [0.25, 0.3) is 0 Å². The molecule has 23 heavy (non-hydrogen) atoms. The quantitative estimate of drug-likeness (QED) is 0.621. The van der Waals surface area contributed by atoms with Crippen molar-refractivity contribution in [2.24, 2.45) is 5.10 Å². The highest BCUT2D eigenvalue weighted by molar-refractivity contribution is 9.10. The third kappa shape index (κ3) is 5.41. The standard InChI is InChI=1S/C17H17BrN2O3/c1-12-3-5-14(6-4-12)23-11-17(21)20-19-10-13-9-15(22-2)7-8-16(13)18/h3-10H,11H2,1-2H3,(H,20,21)/b19-10-. The maximum absolute atomic E-state index is 11.7. The number of hydrogen-bond donors (Lipinski definition) is 1. The van der Waals surface area contributed by atoms with Crippen molar-refractivity contribution in [2.75, 3.05) is 13.7 Å². The SMILES string of the molecule is COc1ccc(Br)c(/C=N\NC(=O)COc2ccc(C)cc2)c1. The van der Waals surface area contributed by atoms with Crippen molar-refractivity contribution in [3.63, 3.8) is 0 Å². The van der Waals surface area contributed by atoms with Crippen LogP contribution in [0.1, 0.15) is 11.1 Å². The summed E-state index contributed by atoms with van der Waals surface area (Å²) in [5, 5.41) is 3.91. The molecule has 0 aromatic heterocycles. The van der Waals surface area contributed by atoms with E-state index in [0.717, 1.165) is 15.6 Å². The number of nitrogens with zero attached hydrogens (tertiary/aromatic N) is 1. The molecule has 5 nitrogen and oxygen atoms in total. The number of nitrogens with one attached hydrogen (secondary N) is 1. The Morgan fingerprint density at radius 3 is 2.61 bits per heavy atom. The third-order valence-corrected chi connectivity index (χ3v) is 3.71. The lowest BCUT2D eigenvalue weighted by atomic mass is 10.2. The summed E-state index contributed by atoms with van der Waals surface area (Å²) in [6.45, 7) is 1.89. The Morgan fingerprint density at radius 1 is 1.22 bits per heavy atom. The molecule has 0 aliphatic heterocycles. The van der Waals surface area contributed by atoms with Crippen LogP contribution in [0.15, 0.2) is 52.0 Å². The second-order valence-electron chi connectivity index (χ2n) is 4.78. The number of ether oxygens (including phenoxy) is 2. The fourth-order valence-corrected chi connectivity index (χ4v) is 2.09. The largest absolute Gasteiger partial charge is 0.497 e. The van der Waals surface area contributed by atoms with Crippen molar-refractivity contribution in [2.45, 2.75) is 6.92 Å². The summed E-state index contributed by atoms with van der Waals surface area (Å²) in [5.41, 5.74) is 4.35. The molecule has 1 N–H and O–H groups in total. The van der Waals surface area contributed by atoms with E-state index >= 15 is 0 Å². The first-order valence-electron chi connectivity index (χ1n) is 6.93. The topological polar surface area (TPSA) is 59.9 Å². The number of hydrogen-bond acceptors (Lipinski definition) is 4. The second kappa shape index (κ2) is 8.33. The van der Waals surface area contributed by atoms with Gasteiger partial charge in [-0.1, -0.05) is 33.6 Å². The minimum Gasteiger partial charge on any atom is -0.497 e. The van der Waals surface area contributed by atoms with Gasteiger partial charge in [-0.15, -0.1) is 0 Å². The lowest BCUT2D eigenvalue weighted by molar-refractivity contribution is -0.123. The van der Waals surface area contributed by atoms with Crippen LogP contribution in [0.5, 0.6) is 11.5 Å². The number of hydrazone groups is 1. The summed E-state index contributed by atoms with van der Waals surface area (Å²) in [5.74, 6) is 1.02. The van der Waals surface area contributed by atoms with E-state index in [1.165, 1.54) is 6.21 Å². The Hall–Kier alpha value is -2.34. The van der Waals surface area contributed by atoms with E-state index in [2.05, 4.69) is 26.5 Å². The predicted molar refractivity (Wildman–Crippen MR) is 93.1 cm³/mol. The fourth-order valence-electron chi connectivity index (χ4n) is 1.74. The van der Waals surface area contributed by atoms with Crippen LogP contribution in [0.2, 0.25) is 0 Å². The molecular formula is C17H17BrN2O3. The molecule has 0 bridgehead atoms. The van der Waals surface area contributed by atoms with Crippen molar-refractivity contribution in [3.8, 4) is 11.5 Å². The number of carbonyl (C=O) groups excluding carboxylic acids is 1. The van der Waals surface area contributed by atoms with Gasteiger partial charge in [0.1, 0.15) is 11.5 Å². The molecule has 0 aliphatic carbocycles. The van der Waals surface area contributed by atoms with Crippen LogP contribution in [0, 0.1) is 6.92 Å². The Morgan fingerprint density at radius 2 is 1.91 bits per heavy atom. The van der Waals surface area contributed by atoms with E-state index < -0.39 is 0 Å². The Bertz CT molecular complexity index is 699. The van der Waals surface area contributed by atoms with Crippen molar-refractivity contribution in [1.29, 1.82) is 0 Å². The zero-order valence-corrected chi connectivity index (χ0v) is 14.5. The van der Waals surface area contributed by atoms with Crippen LogP contribution in [0.4, 0.5) is 0 Å². The summed E-state index contributed by atoms with van der Waals surface area (Å²) in [6, 6.07) is 13.0. The number of halogens is 1. The molecule has 2 aromatic rings. The maximum Gasteiger partial charge on any atom is 0.277 e. The highest BCUT2D eigenvalue weighted by Gasteiger charge is 2.02. The smallest absolute Gasteiger partial charge is 0.277 e. The molecule has 2 aromatic carbocycles. The molecular weight excluding hydrogens is 360 g/mol. The first-order chi connectivity index (χ1) is 11.1. The number of carbonyl (C=O) groups is 1. The minimum absolute atomic E-state index is 0.0975. The van der Waals surface area contributed by atoms with Gasteiger partial charge in [0.05, 0.1) is 13.3 Å². The van der Waals surface area contributed by atoms with E-state index in [1.807, 2.05) is 49.4 Å². The van der Waals surface area contributed by atoms with Crippen molar-refractivity contribution in [3.05, 3.63) is 58.1 Å². The molecule has 120 valence electrons. The van der Waals surface area contributed by atoms with Crippen molar-refractivity contribution >= 4 is 28.1 Å². The first kappa shape index (κ1) is 17.0. The number of rotatable bonds is 6. The van der Waals surface area contributed by atoms with E-state index in [9.17, 15) is 4.79 Å². The Kier molecular flexibility index (Phi) is 6.17. The summed E-state index contributed by atoms with van der Waals surface area (Å²) in [7, 11) is 1.59. The minimum atomic E-state index is -0.333. The molecule has 0 saturated heterocycles. The zero-order chi connectivity index (χ0) is 16.7. The molecule has 6 heteroatoms. The van der Waals surface area contributed by atoms with Gasteiger partial charge >= 0.3 is 0 Å². The lowest BCUT2D eigenvalue weighted by Crippen LogP contribution is -2.24. The Balaban J connectivity index is 1.85. The van der Waals surface area contributed by atoms with Gasteiger partial charge in [-0.3, -0.25) is 4.79 Å². The third-order valence-electron chi connectivity index (χ3n) is 2.99. The number of benzene rings is 2. The van der Waals surface area contributed by atoms with Gasteiger partial charge in [0.25, 0.3) is 5.91 Å². The van der Waals surface area contributed by atoms with Crippen molar-refractivity contribution in [1.82, 2.24) is 5.43 Å². The van der Waals surface area contributed by atoms with Gasteiger partial charge < -0.3 is 9.47 Å². The number of methoxy groups -OCH3 is 1. The molecule has 0 radical (unpaired) electrons. The average Bonchev–Trinajstić information content (AvgIpc) is 2.56. The molecule has 2 rings (SSSR count). The number of aryl methyl sites for hydroxylation is 1. The van der Waals surface area contributed by atoms with E-state index in [-0.39, 0.29) is 12.5 Å². The average molecular weight is 377 g/mol. The number of amides is 1. The van der Waals surface area contributed by atoms with Crippen LogP contribution >= 0.6 is 15.9 Å². The normalized spacial score (nSPS) is 10.6. The molecule has 0 unspecified atom stereocenters. The van der Waals surface area contributed by atoms with Crippen LogP contribution < -0.4 is 14.9 Å². The van der Waals surface area contributed by atoms with Gasteiger partial charge in [-0.2, -0.15) is 5.10 Å². The highest BCUT2D eigenvalue weighted by Crippen LogP contribution is 2.20. The molecule has 0 spiro atoms. The van der Waals surface area contributed by atoms with Gasteiger partial charge in [0.2, 0.25) is 0 Å². The van der Waals surface area contributed by atoms with Crippen LogP contribution in [0.3, 0.4) is 0 Å². The van der Waals surface area contributed by atoms with Crippen LogP contribution in [-0.4, -0.2) is 25.8 Å². The zero-order valence-electron chi connectivity index (χ0n) is 12.9. The monoisotopic (exact) mass is 376 g/mol. The lowest BCUT2D eigenvalue weighted by Gasteiger charge is -2.05. The first-order valence-corrected chi connectivity index (χ1v) is 7.72. The highest BCUT2D eigenvalue weighted by atomic mass is 79.9. The molecule has 0 aliphatic rings. The molecule has 0 atom stereocenters. The van der Waals surface area contributed by atoms with Crippen LogP contribution in [-0.2, 0) is 4.79 Å². The summed E-state index contributed by atoms with van der Waals surface area (Å²) < 4.78 is 11.4. The maximum atomic E-state index is 11.7. The summed E-state index contributed by atoms with van der Waals surface area (Å²) in [4.78, 5) is 11.7. The summed E-state index contributed by atoms with van der Waals surface area (Å²) >= 11 is 3.41.